The lowest BCUT2D eigenvalue weighted by Crippen LogP contribution is -2.12. The molecule has 2 aromatic rings. The summed E-state index contributed by atoms with van der Waals surface area (Å²) in [6, 6.07) is 9.92. The number of phenols is 1. The lowest BCUT2D eigenvalue weighted by molar-refractivity contribution is 0.102. The molecule has 0 fully saturated rings. The molecule has 0 aromatic heterocycles. The van der Waals surface area contributed by atoms with E-state index < -0.39 is 11.7 Å². The number of phenolic OH excluding ortho intramolecular Hbond substituents is 1. The average molecular weight is 261 g/mol. The van der Waals surface area contributed by atoms with Crippen LogP contribution < -0.4 is 10.1 Å². The highest BCUT2D eigenvalue weighted by atomic mass is 19.1. The molecule has 2 aromatic carbocycles. The molecule has 0 aliphatic rings. The molecule has 0 atom stereocenters. The number of hydrogen-bond acceptors (Lipinski definition) is 3. The van der Waals surface area contributed by atoms with Crippen LogP contribution >= 0.6 is 0 Å². The summed E-state index contributed by atoms with van der Waals surface area (Å²) >= 11 is 0. The van der Waals surface area contributed by atoms with E-state index >= 15 is 0 Å². The molecule has 0 bridgehead atoms. The Balaban J connectivity index is 2.23. The predicted molar refractivity (Wildman–Crippen MR) is 69.0 cm³/mol. The van der Waals surface area contributed by atoms with Gasteiger partial charge in [-0.15, -0.1) is 0 Å². The van der Waals surface area contributed by atoms with Crippen molar-refractivity contribution in [2.75, 3.05) is 12.4 Å². The van der Waals surface area contributed by atoms with Crippen molar-refractivity contribution in [3.05, 3.63) is 53.8 Å². The van der Waals surface area contributed by atoms with E-state index in [0.717, 1.165) is 18.2 Å². The molecular weight excluding hydrogens is 249 g/mol. The van der Waals surface area contributed by atoms with Crippen LogP contribution in [0.1, 0.15) is 10.4 Å². The molecule has 0 heterocycles. The zero-order chi connectivity index (χ0) is 13.8. The maximum absolute atomic E-state index is 13.1. The van der Waals surface area contributed by atoms with Crippen molar-refractivity contribution in [2.45, 2.75) is 0 Å². The minimum absolute atomic E-state index is 0.122. The molecule has 1 amide bonds. The first kappa shape index (κ1) is 12.9. The van der Waals surface area contributed by atoms with Crippen LogP contribution in [0.3, 0.4) is 0 Å². The number of carbonyl (C=O) groups excluding carboxylic acids is 1. The number of ether oxygens (including phenoxy) is 1. The third kappa shape index (κ3) is 3.01. The second-order valence-electron chi connectivity index (χ2n) is 3.85. The van der Waals surface area contributed by atoms with Crippen molar-refractivity contribution < 1.29 is 19.0 Å². The number of methoxy groups -OCH3 is 1. The normalized spacial score (nSPS) is 10.0. The molecule has 19 heavy (non-hydrogen) atoms. The topological polar surface area (TPSA) is 58.6 Å². The molecular formula is C14H12FNO3. The number of hydrogen-bond donors (Lipinski definition) is 2. The van der Waals surface area contributed by atoms with Gasteiger partial charge in [-0.2, -0.15) is 0 Å². The fourth-order valence-electron chi connectivity index (χ4n) is 1.59. The van der Waals surface area contributed by atoms with Gasteiger partial charge in [-0.25, -0.2) is 4.39 Å². The molecule has 5 heteroatoms. The Morgan fingerprint density at radius 2 is 2.05 bits per heavy atom. The predicted octanol–water partition coefficient (Wildman–Crippen LogP) is 2.79. The third-order valence-electron chi connectivity index (χ3n) is 2.53. The Bertz CT molecular complexity index is 613. The van der Waals surface area contributed by atoms with Crippen LogP contribution in [0.15, 0.2) is 42.5 Å². The Morgan fingerprint density at radius 3 is 2.79 bits per heavy atom. The quantitative estimate of drug-likeness (QED) is 0.893. The van der Waals surface area contributed by atoms with Gasteiger partial charge in [0.15, 0.2) is 0 Å². The van der Waals surface area contributed by atoms with Crippen LogP contribution in [-0.4, -0.2) is 18.1 Å². The van der Waals surface area contributed by atoms with Crippen LogP contribution in [0.5, 0.6) is 11.5 Å². The lowest BCUT2D eigenvalue weighted by atomic mass is 10.1. The van der Waals surface area contributed by atoms with Crippen molar-refractivity contribution in [2.24, 2.45) is 0 Å². The molecule has 4 nitrogen and oxygen atoms in total. The highest BCUT2D eigenvalue weighted by Gasteiger charge is 2.12. The Morgan fingerprint density at radius 1 is 1.26 bits per heavy atom. The number of aromatic hydroxyl groups is 1. The van der Waals surface area contributed by atoms with E-state index in [4.69, 9.17) is 4.74 Å². The zero-order valence-electron chi connectivity index (χ0n) is 10.2. The molecule has 0 saturated carbocycles. The van der Waals surface area contributed by atoms with Gasteiger partial charge in [0.1, 0.15) is 17.3 Å². The molecule has 0 spiro atoms. The van der Waals surface area contributed by atoms with E-state index in [1.54, 1.807) is 24.3 Å². The van der Waals surface area contributed by atoms with Gasteiger partial charge in [0.05, 0.1) is 12.7 Å². The summed E-state index contributed by atoms with van der Waals surface area (Å²) in [7, 11) is 1.51. The number of rotatable bonds is 3. The Hall–Kier alpha value is -2.56. The molecule has 0 aliphatic carbocycles. The highest BCUT2D eigenvalue weighted by molar-refractivity contribution is 6.06. The Labute approximate surface area is 109 Å². The number of benzene rings is 2. The summed E-state index contributed by atoms with van der Waals surface area (Å²) in [4.78, 5) is 11.9. The minimum Gasteiger partial charge on any atom is -0.507 e. The van der Waals surface area contributed by atoms with E-state index in [-0.39, 0.29) is 11.3 Å². The zero-order valence-corrected chi connectivity index (χ0v) is 10.2. The number of anilines is 1. The van der Waals surface area contributed by atoms with Gasteiger partial charge in [0.2, 0.25) is 0 Å². The monoisotopic (exact) mass is 261 g/mol. The molecule has 98 valence electrons. The van der Waals surface area contributed by atoms with Crippen LogP contribution in [-0.2, 0) is 0 Å². The summed E-state index contributed by atoms with van der Waals surface area (Å²) in [6.45, 7) is 0. The minimum atomic E-state index is -0.592. The number of amides is 1. The Kier molecular flexibility index (Phi) is 3.66. The van der Waals surface area contributed by atoms with Gasteiger partial charge in [0, 0.05) is 11.8 Å². The fourth-order valence-corrected chi connectivity index (χ4v) is 1.59. The first-order chi connectivity index (χ1) is 9.10. The fraction of sp³-hybridized carbons (Fsp3) is 0.0714. The van der Waals surface area contributed by atoms with E-state index in [1.165, 1.54) is 7.11 Å². The molecule has 0 saturated heterocycles. The van der Waals surface area contributed by atoms with Gasteiger partial charge >= 0.3 is 0 Å². The van der Waals surface area contributed by atoms with Gasteiger partial charge in [-0.1, -0.05) is 6.07 Å². The van der Waals surface area contributed by atoms with E-state index in [1.807, 2.05) is 0 Å². The molecule has 0 radical (unpaired) electrons. The van der Waals surface area contributed by atoms with Gasteiger partial charge in [-0.3, -0.25) is 4.79 Å². The second kappa shape index (κ2) is 5.39. The van der Waals surface area contributed by atoms with Crippen molar-refractivity contribution >= 4 is 11.6 Å². The van der Waals surface area contributed by atoms with E-state index in [2.05, 4.69) is 5.32 Å². The number of halogens is 1. The third-order valence-corrected chi connectivity index (χ3v) is 2.53. The summed E-state index contributed by atoms with van der Waals surface area (Å²) < 4.78 is 18.1. The van der Waals surface area contributed by atoms with Crippen molar-refractivity contribution in [3.8, 4) is 11.5 Å². The summed E-state index contributed by atoms with van der Waals surface area (Å²) in [6.07, 6.45) is 0. The second-order valence-corrected chi connectivity index (χ2v) is 3.85. The molecule has 0 unspecified atom stereocenters. The maximum atomic E-state index is 13.1. The van der Waals surface area contributed by atoms with Gasteiger partial charge in [-0.05, 0) is 30.3 Å². The molecule has 2 rings (SSSR count). The lowest BCUT2D eigenvalue weighted by Gasteiger charge is -2.08. The standard InChI is InChI=1S/C14H12FNO3/c1-19-11-4-2-3-10(8-11)16-14(18)12-7-9(15)5-6-13(12)17/h2-8,17H,1H3,(H,16,18). The van der Waals surface area contributed by atoms with Crippen LogP contribution in [0.25, 0.3) is 0 Å². The van der Waals surface area contributed by atoms with E-state index in [9.17, 15) is 14.3 Å². The smallest absolute Gasteiger partial charge is 0.259 e. The summed E-state index contributed by atoms with van der Waals surface area (Å²) in [5, 5.41) is 12.1. The van der Waals surface area contributed by atoms with E-state index in [0.29, 0.717) is 11.4 Å². The largest absolute Gasteiger partial charge is 0.507 e. The van der Waals surface area contributed by atoms with Gasteiger partial charge in [0.25, 0.3) is 5.91 Å². The molecule has 0 aliphatic heterocycles. The van der Waals surface area contributed by atoms with Crippen LogP contribution in [0, 0.1) is 5.82 Å². The first-order valence-corrected chi connectivity index (χ1v) is 5.54. The van der Waals surface area contributed by atoms with Crippen LogP contribution in [0.4, 0.5) is 10.1 Å². The SMILES string of the molecule is COc1cccc(NC(=O)c2cc(F)ccc2O)c1. The highest BCUT2D eigenvalue weighted by Crippen LogP contribution is 2.21. The van der Waals surface area contributed by atoms with Crippen molar-refractivity contribution in [1.29, 1.82) is 0 Å². The van der Waals surface area contributed by atoms with Crippen LogP contribution in [0.2, 0.25) is 0 Å². The first-order valence-electron chi connectivity index (χ1n) is 5.54. The maximum Gasteiger partial charge on any atom is 0.259 e. The van der Waals surface area contributed by atoms with Gasteiger partial charge < -0.3 is 15.2 Å². The molecule has 2 N–H and O–H groups in total. The number of nitrogens with one attached hydrogen (secondary N) is 1. The number of carbonyl (C=O) groups is 1. The summed E-state index contributed by atoms with van der Waals surface area (Å²) in [5.74, 6) is -0.873. The van der Waals surface area contributed by atoms with Crippen molar-refractivity contribution in [1.82, 2.24) is 0 Å². The summed E-state index contributed by atoms with van der Waals surface area (Å²) in [5.41, 5.74) is 0.371. The van der Waals surface area contributed by atoms with Crippen molar-refractivity contribution in [3.63, 3.8) is 0 Å². The average Bonchev–Trinajstić information content (AvgIpc) is 2.41.